The van der Waals surface area contributed by atoms with Gasteiger partial charge in [0.15, 0.2) is 0 Å². The fourth-order valence-electron chi connectivity index (χ4n) is 2.56. The Morgan fingerprint density at radius 1 is 1.07 bits per heavy atom. The highest BCUT2D eigenvalue weighted by Crippen LogP contribution is 2.31. The molecule has 2 N–H and O–H groups in total. The summed E-state index contributed by atoms with van der Waals surface area (Å²) in [7, 11) is 0. The summed E-state index contributed by atoms with van der Waals surface area (Å²) in [6.45, 7) is 10.0. The van der Waals surface area contributed by atoms with Crippen LogP contribution in [0.4, 0.5) is 10.5 Å². The van der Waals surface area contributed by atoms with Crippen LogP contribution >= 0.6 is 15.9 Å². The second-order valence-electron chi connectivity index (χ2n) is 7.41. The minimum atomic E-state index is -0.261. The maximum Gasteiger partial charge on any atom is 0.319 e. The van der Waals surface area contributed by atoms with Crippen molar-refractivity contribution >= 4 is 27.6 Å². The van der Waals surface area contributed by atoms with E-state index in [2.05, 4.69) is 59.5 Å². The van der Waals surface area contributed by atoms with Crippen LogP contribution in [-0.2, 0) is 5.41 Å². The Morgan fingerprint density at radius 2 is 1.82 bits per heavy atom. The highest BCUT2D eigenvalue weighted by Gasteiger charge is 2.15. The zero-order valence-electron chi connectivity index (χ0n) is 17.0. The van der Waals surface area contributed by atoms with Gasteiger partial charge in [-0.3, -0.25) is 0 Å². The predicted octanol–water partition coefficient (Wildman–Crippen LogP) is 5.74. The van der Waals surface area contributed by atoms with Crippen LogP contribution in [0.15, 0.2) is 46.9 Å². The fraction of sp³-hybridized carbons (Fsp3) is 0.409. The third-order valence-electron chi connectivity index (χ3n) is 4.10. The molecule has 0 aromatic heterocycles. The number of hydrogen-bond acceptors (Lipinski definition) is 3. The van der Waals surface area contributed by atoms with Crippen LogP contribution < -0.4 is 20.1 Å². The molecule has 6 heteroatoms. The van der Waals surface area contributed by atoms with Crippen LogP contribution in [-0.4, -0.2) is 25.8 Å². The number of hydrogen-bond donors (Lipinski definition) is 2. The van der Waals surface area contributed by atoms with Gasteiger partial charge in [0.2, 0.25) is 0 Å². The Labute approximate surface area is 175 Å². The van der Waals surface area contributed by atoms with Crippen molar-refractivity contribution in [2.24, 2.45) is 0 Å². The molecule has 0 heterocycles. The molecule has 0 fully saturated rings. The number of urea groups is 1. The van der Waals surface area contributed by atoms with Gasteiger partial charge in [-0.05, 0) is 64.5 Å². The zero-order chi connectivity index (χ0) is 20.6. The summed E-state index contributed by atoms with van der Waals surface area (Å²) < 4.78 is 12.3. The summed E-state index contributed by atoms with van der Waals surface area (Å²) in [4.78, 5) is 12.1. The molecule has 0 saturated carbocycles. The van der Waals surface area contributed by atoms with Gasteiger partial charge in [0, 0.05) is 6.54 Å². The largest absolute Gasteiger partial charge is 0.492 e. The maximum absolute atomic E-state index is 12.1. The Hall–Kier alpha value is -2.21. The fourth-order valence-corrected chi connectivity index (χ4v) is 3.05. The molecule has 152 valence electrons. The summed E-state index contributed by atoms with van der Waals surface area (Å²) in [5, 5.41) is 5.64. The lowest BCUT2D eigenvalue weighted by molar-refractivity contribution is 0.250. The van der Waals surface area contributed by atoms with Gasteiger partial charge in [-0.15, -0.1) is 0 Å². The van der Waals surface area contributed by atoms with Crippen LogP contribution in [0.25, 0.3) is 0 Å². The second kappa shape index (κ2) is 10.4. The maximum atomic E-state index is 12.1. The monoisotopic (exact) mass is 448 g/mol. The average molecular weight is 449 g/mol. The van der Waals surface area contributed by atoms with Crippen LogP contribution in [0.2, 0.25) is 0 Å². The van der Waals surface area contributed by atoms with E-state index in [1.165, 1.54) is 5.56 Å². The molecule has 2 rings (SSSR count). The summed E-state index contributed by atoms with van der Waals surface area (Å²) >= 11 is 3.57. The molecule has 0 aliphatic rings. The zero-order valence-corrected chi connectivity index (χ0v) is 18.6. The van der Waals surface area contributed by atoms with Gasteiger partial charge in [-0.25, -0.2) is 4.79 Å². The van der Waals surface area contributed by atoms with E-state index in [0.717, 1.165) is 10.2 Å². The molecule has 5 nitrogen and oxygen atoms in total. The van der Waals surface area contributed by atoms with Crippen molar-refractivity contribution in [1.82, 2.24) is 5.32 Å². The van der Waals surface area contributed by atoms with Crippen LogP contribution in [0.3, 0.4) is 0 Å². The van der Waals surface area contributed by atoms with Crippen molar-refractivity contribution in [3.63, 3.8) is 0 Å². The number of ether oxygens (including phenoxy) is 2. The molecule has 0 atom stereocenters. The van der Waals surface area contributed by atoms with E-state index in [-0.39, 0.29) is 11.4 Å². The standard InChI is InChI=1S/C22H29BrN2O3/c1-5-27-20-10-7-6-9-18(20)25-21(26)24-13-8-14-28-19-12-11-16(15-17(19)23)22(2,3)4/h6-7,9-12,15H,5,8,13-14H2,1-4H3,(H2,24,25,26). The van der Waals surface area contributed by atoms with E-state index < -0.39 is 0 Å². The topological polar surface area (TPSA) is 59.6 Å². The molecule has 0 aliphatic carbocycles. The molecule has 0 unspecified atom stereocenters. The van der Waals surface area contributed by atoms with Gasteiger partial charge in [0.05, 0.1) is 23.4 Å². The first-order chi connectivity index (χ1) is 13.3. The van der Waals surface area contributed by atoms with Crippen molar-refractivity contribution < 1.29 is 14.3 Å². The van der Waals surface area contributed by atoms with Gasteiger partial charge < -0.3 is 20.1 Å². The molecule has 0 saturated heterocycles. The van der Waals surface area contributed by atoms with Crippen LogP contribution in [0, 0.1) is 0 Å². The highest BCUT2D eigenvalue weighted by atomic mass is 79.9. The normalized spacial score (nSPS) is 11.0. The van der Waals surface area contributed by atoms with E-state index >= 15 is 0 Å². The number of rotatable bonds is 8. The summed E-state index contributed by atoms with van der Waals surface area (Å²) in [5.41, 5.74) is 2.00. The van der Waals surface area contributed by atoms with E-state index in [1.54, 1.807) is 0 Å². The molecule has 0 bridgehead atoms. The van der Waals surface area contributed by atoms with E-state index in [4.69, 9.17) is 9.47 Å². The minimum Gasteiger partial charge on any atom is -0.492 e. The molecule has 2 aromatic rings. The smallest absolute Gasteiger partial charge is 0.319 e. The third kappa shape index (κ3) is 6.75. The lowest BCUT2D eigenvalue weighted by Crippen LogP contribution is -2.30. The second-order valence-corrected chi connectivity index (χ2v) is 8.26. The van der Waals surface area contributed by atoms with Crippen molar-refractivity contribution in [3.05, 3.63) is 52.5 Å². The predicted molar refractivity (Wildman–Crippen MR) is 118 cm³/mol. The Bertz CT molecular complexity index is 788. The number of amides is 2. The third-order valence-corrected chi connectivity index (χ3v) is 4.72. The van der Waals surface area contributed by atoms with Crippen molar-refractivity contribution in [3.8, 4) is 11.5 Å². The minimum absolute atomic E-state index is 0.0963. The summed E-state index contributed by atoms with van der Waals surface area (Å²) in [6, 6.07) is 13.3. The number of anilines is 1. The van der Waals surface area contributed by atoms with Gasteiger partial charge in [0.25, 0.3) is 0 Å². The molecule has 2 aromatic carbocycles. The van der Waals surface area contributed by atoms with Crippen LogP contribution in [0.1, 0.15) is 39.7 Å². The number of halogens is 1. The van der Waals surface area contributed by atoms with Gasteiger partial charge in [0.1, 0.15) is 11.5 Å². The number of carbonyl (C=O) groups is 1. The lowest BCUT2D eigenvalue weighted by Gasteiger charge is -2.20. The van der Waals surface area contributed by atoms with Crippen molar-refractivity contribution in [1.29, 1.82) is 0 Å². The highest BCUT2D eigenvalue weighted by molar-refractivity contribution is 9.10. The van der Waals surface area contributed by atoms with Gasteiger partial charge >= 0.3 is 6.03 Å². The SMILES string of the molecule is CCOc1ccccc1NC(=O)NCCCOc1ccc(C(C)(C)C)cc1Br. The summed E-state index contributed by atoms with van der Waals surface area (Å²) in [5.74, 6) is 1.47. The lowest BCUT2D eigenvalue weighted by atomic mass is 9.87. The Kier molecular flexibility index (Phi) is 8.18. The van der Waals surface area contributed by atoms with Crippen LogP contribution in [0.5, 0.6) is 11.5 Å². The molecular formula is C22H29BrN2O3. The Morgan fingerprint density at radius 3 is 2.50 bits per heavy atom. The first-order valence-corrected chi connectivity index (χ1v) is 10.3. The number of benzene rings is 2. The van der Waals surface area contributed by atoms with E-state index in [0.29, 0.717) is 37.6 Å². The molecule has 0 spiro atoms. The van der Waals surface area contributed by atoms with Crippen molar-refractivity contribution in [2.45, 2.75) is 39.5 Å². The molecular weight excluding hydrogens is 420 g/mol. The molecule has 28 heavy (non-hydrogen) atoms. The summed E-state index contributed by atoms with van der Waals surface area (Å²) in [6.07, 6.45) is 0.702. The van der Waals surface area contributed by atoms with Gasteiger partial charge in [-0.1, -0.05) is 39.0 Å². The first-order valence-electron chi connectivity index (χ1n) is 9.50. The molecule has 2 amide bonds. The number of para-hydroxylation sites is 2. The van der Waals surface area contributed by atoms with Crippen molar-refractivity contribution in [2.75, 3.05) is 25.1 Å². The Balaban J connectivity index is 1.74. The first kappa shape index (κ1) is 22.1. The number of carbonyl (C=O) groups excluding carboxylic acids is 1. The molecule has 0 aliphatic heterocycles. The number of nitrogens with one attached hydrogen (secondary N) is 2. The van der Waals surface area contributed by atoms with E-state index in [9.17, 15) is 4.79 Å². The molecule has 0 radical (unpaired) electrons. The quantitative estimate of drug-likeness (QED) is 0.506. The van der Waals surface area contributed by atoms with Gasteiger partial charge in [-0.2, -0.15) is 0 Å². The average Bonchev–Trinajstić information content (AvgIpc) is 2.63. The van der Waals surface area contributed by atoms with E-state index in [1.807, 2.05) is 37.3 Å².